The smallest absolute Gasteiger partial charge is 0.0890 e. The largest absolute Gasteiger partial charge is 0.396 e. The van der Waals surface area contributed by atoms with Crippen LogP contribution in [-0.2, 0) is 0 Å². The van der Waals surface area contributed by atoms with Crippen molar-refractivity contribution in [3.05, 3.63) is 36.2 Å². The van der Waals surface area contributed by atoms with Crippen molar-refractivity contribution in [2.24, 2.45) is 5.92 Å². The third-order valence-electron chi connectivity index (χ3n) is 3.01. The van der Waals surface area contributed by atoms with Crippen LogP contribution in [0.3, 0.4) is 0 Å². The summed E-state index contributed by atoms with van der Waals surface area (Å²) >= 11 is 0. The van der Waals surface area contributed by atoms with Crippen LogP contribution in [0.2, 0.25) is 0 Å². The highest BCUT2D eigenvalue weighted by Crippen LogP contribution is 2.46. The van der Waals surface area contributed by atoms with Crippen molar-refractivity contribution in [3.63, 3.8) is 0 Å². The average molecular weight is 230 g/mol. The molecular formula is C14H18N2O. The standard InChI is InChI=1S/C12H12N2O.C2H6/c15-7-8-6-9(8)10-3-4-11-12(14-10)2-1-5-13-11;1-2/h1-5,8-9,15H,6-7H2;1-2H3/t8-,9+;/m1./s1. The van der Waals surface area contributed by atoms with E-state index < -0.39 is 0 Å². The number of aromatic nitrogens is 2. The van der Waals surface area contributed by atoms with Gasteiger partial charge in [0, 0.05) is 24.4 Å². The lowest BCUT2D eigenvalue weighted by atomic mass is 10.2. The van der Waals surface area contributed by atoms with Crippen LogP contribution < -0.4 is 0 Å². The summed E-state index contributed by atoms with van der Waals surface area (Å²) in [5, 5.41) is 9.01. The highest BCUT2D eigenvalue weighted by atomic mass is 16.3. The maximum absolute atomic E-state index is 9.01. The number of hydrogen-bond acceptors (Lipinski definition) is 3. The van der Waals surface area contributed by atoms with E-state index in [4.69, 9.17) is 5.11 Å². The Morgan fingerprint density at radius 3 is 2.76 bits per heavy atom. The topological polar surface area (TPSA) is 46.0 Å². The zero-order chi connectivity index (χ0) is 12.3. The Morgan fingerprint density at radius 1 is 1.24 bits per heavy atom. The molecule has 90 valence electrons. The molecule has 0 bridgehead atoms. The van der Waals surface area contributed by atoms with Crippen LogP contribution in [0.25, 0.3) is 11.0 Å². The van der Waals surface area contributed by atoms with E-state index in [2.05, 4.69) is 9.97 Å². The molecule has 0 saturated heterocycles. The second-order valence-corrected chi connectivity index (χ2v) is 4.06. The third-order valence-corrected chi connectivity index (χ3v) is 3.01. The molecular weight excluding hydrogens is 212 g/mol. The van der Waals surface area contributed by atoms with E-state index >= 15 is 0 Å². The first-order valence-electron chi connectivity index (χ1n) is 6.21. The zero-order valence-corrected chi connectivity index (χ0v) is 10.3. The van der Waals surface area contributed by atoms with Gasteiger partial charge in [-0.1, -0.05) is 13.8 Å². The maximum Gasteiger partial charge on any atom is 0.0890 e. The first-order valence-corrected chi connectivity index (χ1v) is 6.21. The minimum absolute atomic E-state index is 0.275. The highest BCUT2D eigenvalue weighted by Gasteiger charge is 2.38. The Hall–Kier alpha value is -1.48. The summed E-state index contributed by atoms with van der Waals surface area (Å²) < 4.78 is 0. The summed E-state index contributed by atoms with van der Waals surface area (Å²) in [5.74, 6) is 0.881. The van der Waals surface area contributed by atoms with E-state index in [-0.39, 0.29) is 6.61 Å². The van der Waals surface area contributed by atoms with Crippen LogP contribution in [0, 0.1) is 5.92 Å². The van der Waals surface area contributed by atoms with E-state index in [0.29, 0.717) is 11.8 Å². The van der Waals surface area contributed by atoms with Crippen molar-refractivity contribution >= 4 is 11.0 Å². The summed E-state index contributed by atoms with van der Waals surface area (Å²) in [6, 6.07) is 7.90. The van der Waals surface area contributed by atoms with Crippen LogP contribution in [0.5, 0.6) is 0 Å². The van der Waals surface area contributed by atoms with Crippen LogP contribution in [0.15, 0.2) is 30.5 Å². The molecule has 3 rings (SSSR count). The Kier molecular flexibility index (Phi) is 3.69. The number of nitrogens with zero attached hydrogens (tertiary/aromatic N) is 2. The number of rotatable bonds is 2. The Morgan fingerprint density at radius 2 is 2.06 bits per heavy atom. The molecule has 2 aromatic heterocycles. The van der Waals surface area contributed by atoms with Crippen molar-refractivity contribution in [1.29, 1.82) is 0 Å². The van der Waals surface area contributed by atoms with Crippen molar-refractivity contribution < 1.29 is 5.11 Å². The summed E-state index contributed by atoms with van der Waals surface area (Å²) in [6.45, 7) is 4.28. The molecule has 0 spiro atoms. The lowest BCUT2D eigenvalue weighted by Crippen LogP contribution is -1.93. The quantitative estimate of drug-likeness (QED) is 0.862. The number of aliphatic hydroxyl groups is 1. The fourth-order valence-corrected chi connectivity index (χ4v) is 1.99. The molecule has 0 aromatic carbocycles. The highest BCUT2D eigenvalue weighted by molar-refractivity contribution is 5.73. The first kappa shape index (κ1) is 12.0. The monoisotopic (exact) mass is 230 g/mol. The first-order chi connectivity index (χ1) is 8.38. The minimum Gasteiger partial charge on any atom is -0.396 e. The van der Waals surface area contributed by atoms with Crippen molar-refractivity contribution in [1.82, 2.24) is 9.97 Å². The number of aliphatic hydroxyl groups excluding tert-OH is 1. The van der Waals surface area contributed by atoms with Gasteiger partial charge in [0.1, 0.15) is 0 Å². The molecule has 2 aromatic rings. The van der Waals surface area contributed by atoms with Gasteiger partial charge in [0.2, 0.25) is 0 Å². The molecule has 17 heavy (non-hydrogen) atoms. The van der Waals surface area contributed by atoms with Crippen LogP contribution in [0.4, 0.5) is 0 Å². The fraction of sp³-hybridized carbons (Fsp3) is 0.429. The lowest BCUT2D eigenvalue weighted by molar-refractivity contribution is 0.273. The van der Waals surface area contributed by atoms with Gasteiger partial charge in [-0.2, -0.15) is 0 Å². The van der Waals surface area contributed by atoms with Crippen LogP contribution in [0.1, 0.15) is 31.9 Å². The van der Waals surface area contributed by atoms with E-state index in [9.17, 15) is 0 Å². The number of hydrogen-bond donors (Lipinski definition) is 1. The molecule has 1 N–H and O–H groups in total. The zero-order valence-electron chi connectivity index (χ0n) is 10.3. The molecule has 1 aliphatic carbocycles. The van der Waals surface area contributed by atoms with E-state index in [1.807, 2.05) is 38.1 Å². The molecule has 2 atom stereocenters. The van der Waals surface area contributed by atoms with E-state index in [1.165, 1.54) is 0 Å². The van der Waals surface area contributed by atoms with Gasteiger partial charge in [-0.05, 0) is 36.6 Å². The van der Waals surface area contributed by atoms with E-state index in [0.717, 1.165) is 23.1 Å². The van der Waals surface area contributed by atoms with Gasteiger partial charge in [0.05, 0.1) is 11.0 Å². The SMILES string of the molecule is CC.OC[C@H]1C[C@@H]1c1ccc2ncccc2n1. The molecule has 3 heteroatoms. The Balaban J connectivity index is 0.000000514. The normalized spacial score (nSPS) is 21.8. The second kappa shape index (κ2) is 5.23. The summed E-state index contributed by atoms with van der Waals surface area (Å²) in [5.41, 5.74) is 2.97. The van der Waals surface area contributed by atoms with Crippen LogP contribution in [-0.4, -0.2) is 21.7 Å². The molecule has 0 amide bonds. The second-order valence-electron chi connectivity index (χ2n) is 4.06. The van der Waals surface area contributed by atoms with Crippen molar-refractivity contribution in [2.45, 2.75) is 26.2 Å². The molecule has 3 nitrogen and oxygen atoms in total. The maximum atomic E-state index is 9.01. The predicted octanol–water partition coefficient (Wildman–Crippen LogP) is 2.75. The van der Waals surface area contributed by atoms with Gasteiger partial charge < -0.3 is 5.11 Å². The van der Waals surface area contributed by atoms with Crippen LogP contribution >= 0.6 is 0 Å². The van der Waals surface area contributed by atoms with Crippen molar-refractivity contribution in [3.8, 4) is 0 Å². The van der Waals surface area contributed by atoms with Gasteiger partial charge in [-0.25, -0.2) is 0 Å². The lowest BCUT2D eigenvalue weighted by Gasteiger charge is -2.00. The summed E-state index contributed by atoms with van der Waals surface area (Å²) in [6.07, 6.45) is 2.84. The average Bonchev–Trinajstić information content (AvgIpc) is 3.20. The van der Waals surface area contributed by atoms with E-state index in [1.54, 1.807) is 6.20 Å². The Labute approximate surface area is 102 Å². The minimum atomic E-state index is 0.275. The molecule has 1 saturated carbocycles. The van der Waals surface area contributed by atoms with Crippen molar-refractivity contribution in [2.75, 3.05) is 6.61 Å². The summed E-state index contributed by atoms with van der Waals surface area (Å²) in [7, 11) is 0. The third kappa shape index (κ3) is 2.44. The molecule has 0 unspecified atom stereocenters. The van der Waals surface area contributed by atoms with Gasteiger partial charge >= 0.3 is 0 Å². The molecule has 0 radical (unpaired) electrons. The predicted molar refractivity (Wildman–Crippen MR) is 68.8 cm³/mol. The van der Waals surface area contributed by atoms with Gasteiger partial charge in [0.25, 0.3) is 0 Å². The van der Waals surface area contributed by atoms with Gasteiger partial charge in [-0.3, -0.25) is 9.97 Å². The number of fused-ring (bicyclic) bond motifs is 1. The Bertz CT molecular complexity index is 498. The molecule has 1 fully saturated rings. The van der Waals surface area contributed by atoms with Gasteiger partial charge in [0.15, 0.2) is 0 Å². The van der Waals surface area contributed by atoms with Gasteiger partial charge in [-0.15, -0.1) is 0 Å². The molecule has 2 heterocycles. The molecule has 1 aliphatic rings. The fourth-order valence-electron chi connectivity index (χ4n) is 1.99. The summed E-state index contributed by atoms with van der Waals surface area (Å²) in [4.78, 5) is 8.79. The number of pyridine rings is 2. The molecule has 0 aliphatic heterocycles.